The summed E-state index contributed by atoms with van der Waals surface area (Å²) in [7, 11) is 0. The number of nitrogens with two attached hydrogens (primary N) is 1. The van der Waals surface area contributed by atoms with Crippen LogP contribution in [-0.2, 0) is 4.79 Å². The third-order valence-corrected chi connectivity index (χ3v) is 1.00. The Balaban J connectivity index is 0. The first-order valence-corrected chi connectivity index (χ1v) is 2.79. The van der Waals surface area contributed by atoms with E-state index in [-0.39, 0.29) is 5.92 Å². The van der Waals surface area contributed by atoms with Crippen LogP contribution in [0.15, 0.2) is 0 Å². The van der Waals surface area contributed by atoms with E-state index >= 15 is 0 Å². The van der Waals surface area contributed by atoms with Gasteiger partial charge in [0.05, 0.1) is 0 Å². The first kappa shape index (κ1) is 11.8. The van der Waals surface area contributed by atoms with Crippen molar-refractivity contribution in [1.82, 2.24) is 0 Å². The van der Waals surface area contributed by atoms with Crippen LogP contribution >= 0.6 is 0 Å². The fourth-order valence-corrected chi connectivity index (χ4v) is 0.285. The highest BCUT2D eigenvalue weighted by Crippen LogP contribution is 1.96. The van der Waals surface area contributed by atoms with Crippen molar-refractivity contribution in [2.75, 3.05) is 0 Å². The second kappa shape index (κ2) is 6.15. The average molecular weight is 147 g/mol. The van der Waals surface area contributed by atoms with E-state index in [4.69, 9.17) is 21.9 Å². The molecule has 0 unspecified atom stereocenters. The second-order valence-electron chi connectivity index (χ2n) is 2.11. The molecule has 0 aromatic heterocycles. The van der Waals surface area contributed by atoms with Crippen LogP contribution in [0.2, 0.25) is 0 Å². The molecule has 0 spiro atoms. The highest BCUT2D eigenvalue weighted by atomic mass is 16.4. The Kier molecular flexibility index (Phi) is 7.25. The number of rotatable bonds is 2. The van der Waals surface area contributed by atoms with Gasteiger partial charge in [-0.15, -0.1) is 0 Å². The Morgan fingerprint density at radius 3 is 1.80 bits per heavy atom. The van der Waals surface area contributed by atoms with Gasteiger partial charge in [0.15, 0.2) is 0 Å². The van der Waals surface area contributed by atoms with Crippen molar-refractivity contribution in [3.63, 3.8) is 0 Å². The second-order valence-corrected chi connectivity index (χ2v) is 2.11. The molecule has 0 aromatic carbocycles. The van der Waals surface area contributed by atoms with Crippen LogP contribution in [0.4, 0.5) is 0 Å². The zero-order valence-corrected chi connectivity index (χ0v) is 6.09. The van der Waals surface area contributed by atoms with Crippen molar-refractivity contribution in [2.24, 2.45) is 11.7 Å². The lowest BCUT2D eigenvalue weighted by Gasteiger charge is -2.07. The highest BCUT2D eigenvalue weighted by Gasteiger charge is 2.14. The number of aliphatic carboxylic acids is 1. The molecule has 5 N–H and O–H groups in total. The fourth-order valence-electron chi connectivity index (χ4n) is 0.285. The quantitative estimate of drug-likeness (QED) is 0.430. The summed E-state index contributed by atoms with van der Waals surface area (Å²) in [5, 5.41) is 8.23. The molecule has 0 saturated heterocycles. The topological polar surface area (TPSA) is 111 Å². The lowest BCUT2D eigenvalue weighted by molar-refractivity contribution is -0.139. The fraction of sp³-hybridized carbons (Fsp3) is 0.800. The van der Waals surface area contributed by atoms with E-state index in [9.17, 15) is 4.79 Å². The predicted molar refractivity (Wildman–Crippen MR) is 35.9 cm³/mol. The molecule has 60 valence electrons. The maximum absolute atomic E-state index is 10.0. The molecule has 0 bridgehead atoms. The molecule has 0 rings (SSSR count). The highest BCUT2D eigenvalue weighted by molar-refractivity contribution is 5.73. The third-order valence-electron chi connectivity index (χ3n) is 1.00. The molecular weight excluding hydrogens is 134 g/mol. The largest absolute Gasteiger partial charge is 0.480 e. The summed E-state index contributed by atoms with van der Waals surface area (Å²) in [6, 6.07) is -0.713. The number of carboxylic acids is 1. The summed E-state index contributed by atoms with van der Waals surface area (Å²) in [4.78, 5) is 10.0. The molecular formula is C5H13N3O2. The normalized spacial score (nSPS) is 11.6. The zero-order valence-electron chi connectivity index (χ0n) is 6.09. The average Bonchev–Trinajstić information content (AvgIpc) is 1.90. The van der Waals surface area contributed by atoms with Crippen molar-refractivity contribution >= 4 is 5.97 Å². The van der Waals surface area contributed by atoms with Crippen LogP contribution in [0.5, 0.6) is 0 Å². The van der Waals surface area contributed by atoms with Crippen molar-refractivity contribution in [3.05, 3.63) is 0 Å². The third kappa shape index (κ3) is 5.17. The summed E-state index contributed by atoms with van der Waals surface area (Å²) in [5.74, 6) is -0.910. The Morgan fingerprint density at radius 2 is 1.80 bits per heavy atom. The van der Waals surface area contributed by atoms with E-state index in [1.807, 2.05) is 0 Å². The summed E-state index contributed by atoms with van der Waals surface area (Å²) in [6.07, 6.45) is 0. The lowest BCUT2D eigenvalue weighted by atomic mass is 10.1. The molecule has 0 aliphatic carbocycles. The summed E-state index contributed by atoms with van der Waals surface area (Å²) in [6.45, 7) is 3.55. The summed E-state index contributed by atoms with van der Waals surface area (Å²) in [5.41, 5.74) is 15.2. The molecule has 0 aliphatic rings. The van der Waals surface area contributed by atoms with E-state index in [0.29, 0.717) is 0 Å². The number of hydrogen-bond donors (Lipinski definition) is 4. The van der Waals surface area contributed by atoms with Crippen LogP contribution < -0.4 is 5.73 Å². The van der Waals surface area contributed by atoms with E-state index in [0.717, 1.165) is 0 Å². The molecule has 0 saturated carbocycles. The Morgan fingerprint density at radius 1 is 1.50 bits per heavy atom. The van der Waals surface area contributed by atoms with Gasteiger partial charge in [0.1, 0.15) is 6.04 Å². The molecule has 0 heterocycles. The molecule has 5 nitrogen and oxygen atoms in total. The van der Waals surface area contributed by atoms with Gasteiger partial charge in [-0.05, 0) is 5.92 Å². The standard InChI is InChI=1S/C5H11NO2.H2N2/c1-3(2)4(6)5(7)8;1-2/h3-4H,6H2,1-2H3,(H,7,8);1-2H/t4-;/m0./s1. The van der Waals surface area contributed by atoms with Gasteiger partial charge in [-0.3, -0.25) is 4.79 Å². The van der Waals surface area contributed by atoms with Crippen LogP contribution in [-0.4, -0.2) is 17.1 Å². The molecule has 5 heteroatoms. The van der Waals surface area contributed by atoms with E-state index in [1.54, 1.807) is 13.8 Å². The van der Waals surface area contributed by atoms with Crippen LogP contribution in [0.25, 0.3) is 0 Å². The molecule has 0 fully saturated rings. The van der Waals surface area contributed by atoms with Crippen molar-refractivity contribution in [1.29, 1.82) is 11.1 Å². The van der Waals surface area contributed by atoms with E-state index < -0.39 is 12.0 Å². The Hall–Kier alpha value is -0.970. The Bertz CT molecular complexity index is 105. The SMILES string of the molecule is CC(C)[C@H](N)C(=O)O.N=N. The summed E-state index contributed by atoms with van der Waals surface area (Å²) < 4.78 is 0. The number of carbonyl (C=O) groups is 1. The van der Waals surface area contributed by atoms with Crippen molar-refractivity contribution < 1.29 is 9.90 Å². The minimum atomic E-state index is -0.931. The molecule has 0 radical (unpaired) electrons. The van der Waals surface area contributed by atoms with Gasteiger partial charge in [-0.1, -0.05) is 13.8 Å². The first-order chi connectivity index (χ1) is 4.55. The molecule has 0 aliphatic heterocycles. The minimum absolute atomic E-state index is 0.0208. The molecule has 0 aromatic rings. The van der Waals surface area contributed by atoms with Crippen molar-refractivity contribution in [2.45, 2.75) is 19.9 Å². The van der Waals surface area contributed by atoms with Gasteiger partial charge >= 0.3 is 5.97 Å². The van der Waals surface area contributed by atoms with Gasteiger partial charge in [-0.25, -0.2) is 11.1 Å². The number of nitrogens with one attached hydrogen (secondary N) is 2. The number of hydrogen-bond acceptors (Lipinski definition) is 4. The van der Waals surface area contributed by atoms with Gasteiger partial charge < -0.3 is 10.8 Å². The van der Waals surface area contributed by atoms with Crippen LogP contribution in [0, 0.1) is 17.0 Å². The van der Waals surface area contributed by atoms with Crippen LogP contribution in [0.3, 0.4) is 0 Å². The van der Waals surface area contributed by atoms with Gasteiger partial charge in [0.25, 0.3) is 0 Å². The zero-order chi connectivity index (χ0) is 8.73. The van der Waals surface area contributed by atoms with E-state index in [1.165, 1.54) is 0 Å². The van der Waals surface area contributed by atoms with Crippen LogP contribution in [0.1, 0.15) is 13.8 Å². The first-order valence-electron chi connectivity index (χ1n) is 2.79. The maximum atomic E-state index is 10.0. The Labute approximate surface area is 59.5 Å². The minimum Gasteiger partial charge on any atom is -0.480 e. The van der Waals surface area contributed by atoms with Crippen molar-refractivity contribution in [3.8, 4) is 0 Å². The molecule has 0 amide bonds. The smallest absolute Gasteiger partial charge is 0.320 e. The summed E-state index contributed by atoms with van der Waals surface area (Å²) >= 11 is 0. The molecule has 10 heavy (non-hydrogen) atoms. The number of carboxylic acid groups (broad SMARTS) is 1. The van der Waals surface area contributed by atoms with Gasteiger partial charge in [0, 0.05) is 0 Å². The van der Waals surface area contributed by atoms with E-state index in [2.05, 4.69) is 0 Å². The van der Waals surface area contributed by atoms with Gasteiger partial charge in [0.2, 0.25) is 0 Å². The monoisotopic (exact) mass is 147 g/mol. The molecule has 1 atom stereocenters. The maximum Gasteiger partial charge on any atom is 0.320 e. The lowest BCUT2D eigenvalue weighted by Crippen LogP contribution is -2.34. The van der Waals surface area contributed by atoms with Gasteiger partial charge in [-0.2, -0.15) is 0 Å². The predicted octanol–water partition coefficient (Wildman–Crippen LogP) is 0.650.